The number of fused-ring (bicyclic) bond motifs is 1. The number of aryl methyl sites for hydroxylation is 1. The van der Waals surface area contributed by atoms with Gasteiger partial charge in [-0.25, -0.2) is 4.98 Å². The second-order valence-electron chi connectivity index (χ2n) is 5.92. The Morgan fingerprint density at radius 3 is 3.00 bits per heavy atom. The number of carbonyl (C=O) groups excluding carboxylic acids is 1. The van der Waals surface area contributed by atoms with Crippen LogP contribution in [-0.2, 0) is 7.05 Å². The number of likely N-dealkylation sites (tertiary alicyclic amines) is 1. The highest BCUT2D eigenvalue weighted by Crippen LogP contribution is 2.43. The summed E-state index contributed by atoms with van der Waals surface area (Å²) in [6, 6.07) is 5.94. The van der Waals surface area contributed by atoms with E-state index in [1.165, 1.54) is 0 Å². The fraction of sp³-hybridized carbons (Fsp3) is 0.412. The third kappa shape index (κ3) is 2.34. The molecule has 1 amide bonds. The van der Waals surface area contributed by atoms with E-state index in [9.17, 15) is 4.79 Å². The fourth-order valence-electron chi connectivity index (χ4n) is 3.40. The Morgan fingerprint density at radius 1 is 1.30 bits per heavy atom. The Bertz CT molecular complexity index is 740. The van der Waals surface area contributed by atoms with Crippen molar-refractivity contribution in [3.05, 3.63) is 42.0 Å². The van der Waals surface area contributed by atoms with E-state index in [0.29, 0.717) is 18.9 Å². The summed E-state index contributed by atoms with van der Waals surface area (Å²) < 4.78 is 13.3. The van der Waals surface area contributed by atoms with E-state index in [1.807, 2.05) is 30.1 Å². The molecule has 6 nitrogen and oxygen atoms in total. The number of hydrogen-bond acceptors (Lipinski definition) is 4. The first-order valence-corrected chi connectivity index (χ1v) is 7.91. The van der Waals surface area contributed by atoms with Crippen molar-refractivity contribution in [1.82, 2.24) is 14.5 Å². The van der Waals surface area contributed by atoms with Crippen molar-refractivity contribution >= 4 is 5.91 Å². The van der Waals surface area contributed by atoms with Gasteiger partial charge in [-0.2, -0.15) is 0 Å². The molecule has 3 heterocycles. The monoisotopic (exact) mass is 313 g/mol. The van der Waals surface area contributed by atoms with Crippen molar-refractivity contribution in [1.29, 1.82) is 0 Å². The topological polar surface area (TPSA) is 56.6 Å². The highest BCUT2D eigenvalue weighted by molar-refractivity contribution is 5.93. The van der Waals surface area contributed by atoms with E-state index < -0.39 is 0 Å². The molecule has 0 aliphatic carbocycles. The van der Waals surface area contributed by atoms with Crippen LogP contribution >= 0.6 is 0 Å². The lowest BCUT2D eigenvalue weighted by atomic mass is 10.0. The number of ether oxygens (including phenoxy) is 2. The Balaban J connectivity index is 1.69. The fourth-order valence-corrected chi connectivity index (χ4v) is 3.40. The minimum Gasteiger partial charge on any atom is -0.486 e. The second-order valence-corrected chi connectivity index (χ2v) is 5.92. The molecule has 4 rings (SSSR count). The molecule has 2 aliphatic heterocycles. The Labute approximate surface area is 134 Å². The van der Waals surface area contributed by atoms with Gasteiger partial charge in [0.15, 0.2) is 11.5 Å². The summed E-state index contributed by atoms with van der Waals surface area (Å²) in [5.41, 5.74) is 1.65. The zero-order valence-electron chi connectivity index (χ0n) is 13.1. The Hall–Kier alpha value is -2.50. The van der Waals surface area contributed by atoms with Crippen molar-refractivity contribution < 1.29 is 14.3 Å². The summed E-state index contributed by atoms with van der Waals surface area (Å²) in [5.74, 6) is 1.57. The number of benzene rings is 1. The van der Waals surface area contributed by atoms with Gasteiger partial charge in [0.05, 0.1) is 18.6 Å². The van der Waals surface area contributed by atoms with Crippen LogP contribution in [0.25, 0.3) is 0 Å². The van der Waals surface area contributed by atoms with E-state index in [2.05, 4.69) is 4.98 Å². The van der Waals surface area contributed by atoms with Gasteiger partial charge in [-0.3, -0.25) is 4.79 Å². The molecule has 0 bridgehead atoms. The van der Waals surface area contributed by atoms with Gasteiger partial charge in [-0.05, 0) is 18.9 Å². The summed E-state index contributed by atoms with van der Waals surface area (Å²) in [6.07, 6.45) is 5.19. The molecular formula is C17H19N3O3. The van der Waals surface area contributed by atoms with Crippen LogP contribution in [0.2, 0.25) is 0 Å². The van der Waals surface area contributed by atoms with Gasteiger partial charge >= 0.3 is 0 Å². The third-order valence-electron chi connectivity index (χ3n) is 4.51. The molecule has 2 aliphatic rings. The molecule has 23 heavy (non-hydrogen) atoms. The molecule has 2 aromatic rings. The highest BCUT2D eigenvalue weighted by Gasteiger charge is 2.34. The first-order chi connectivity index (χ1) is 11.3. The number of rotatable bonds is 2. The predicted octanol–water partition coefficient (Wildman–Crippen LogP) is 2.17. The van der Waals surface area contributed by atoms with Crippen molar-refractivity contribution in [2.24, 2.45) is 7.05 Å². The minimum atomic E-state index is 0.0156. The van der Waals surface area contributed by atoms with Crippen molar-refractivity contribution in [2.45, 2.75) is 18.9 Å². The maximum absolute atomic E-state index is 12.9. The minimum absolute atomic E-state index is 0.0156. The van der Waals surface area contributed by atoms with Gasteiger partial charge in [-0.1, -0.05) is 12.1 Å². The van der Waals surface area contributed by atoms with E-state index in [0.717, 1.165) is 36.4 Å². The number of nitrogens with zero attached hydrogens (tertiary/aromatic N) is 3. The molecule has 1 unspecified atom stereocenters. The molecule has 1 fully saturated rings. The lowest BCUT2D eigenvalue weighted by Gasteiger charge is -2.29. The van der Waals surface area contributed by atoms with Crippen LogP contribution in [0.5, 0.6) is 11.5 Å². The van der Waals surface area contributed by atoms with Gasteiger partial charge in [0.2, 0.25) is 0 Å². The molecule has 1 atom stereocenters. The zero-order valence-corrected chi connectivity index (χ0v) is 13.1. The molecule has 1 saturated heterocycles. The van der Waals surface area contributed by atoms with E-state index in [1.54, 1.807) is 17.1 Å². The lowest BCUT2D eigenvalue weighted by molar-refractivity contribution is 0.0721. The Morgan fingerprint density at radius 2 is 2.17 bits per heavy atom. The van der Waals surface area contributed by atoms with Gasteiger partial charge < -0.3 is 18.9 Å². The molecule has 1 aromatic carbocycles. The first-order valence-electron chi connectivity index (χ1n) is 7.91. The number of imidazole rings is 1. The summed E-state index contributed by atoms with van der Waals surface area (Å²) >= 11 is 0. The van der Waals surface area contributed by atoms with Crippen molar-refractivity contribution in [3.63, 3.8) is 0 Å². The van der Waals surface area contributed by atoms with Gasteiger partial charge in [0.1, 0.15) is 18.9 Å². The largest absolute Gasteiger partial charge is 0.486 e. The van der Waals surface area contributed by atoms with Crippen LogP contribution in [0, 0.1) is 0 Å². The maximum Gasteiger partial charge on any atom is 0.272 e. The van der Waals surface area contributed by atoms with Gasteiger partial charge in [0, 0.05) is 19.2 Å². The average molecular weight is 313 g/mol. The summed E-state index contributed by atoms with van der Waals surface area (Å²) in [6.45, 7) is 1.87. The first kappa shape index (κ1) is 14.1. The smallest absolute Gasteiger partial charge is 0.272 e. The second kappa shape index (κ2) is 5.61. The summed E-state index contributed by atoms with van der Waals surface area (Å²) in [7, 11) is 1.84. The quantitative estimate of drug-likeness (QED) is 0.852. The molecule has 0 saturated carbocycles. The molecular weight excluding hydrogens is 294 g/mol. The molecule has 0 N–H and O–H groups in total. The van der Waals surface area contributed by atoms with Crippen LogP contribution in [0.3, 0.4) is 0 Å². The number of carbonyl (C=O) groups is 1. The SMILES string of the molecule is Cn1cncc1C(=O)N1CCCC1c1cccc2c1OCCO2. The van der Waals surface area contributed by atoms with Crippen LogP contribution in [-0.4, -0.2) is 40.1 Å². The van der Waals surface area contributed by atoms with E-state index in [-0.39, 0.29) is 11.9 Å². The van der Waals surface area contributed by atoms with Crippen LogP contribution in [0.1, 0.15) is 34.9 Å². The van der Waals surface area contributed by atoms with Crippen LogP contribution < -0.4 is 9.47 Å². The normalized spacial score (nSPS) is 19.9. The molecule has 120 valence electrons. The number of hydrogen-bond donors (Lipinski definition) is 0. The standard InChI is InChI=1S/C17H19N3O3/c1-19-11-18-10-14(19)17(21)20-7-3-5-13(20)12-4-2-6-15-16(12)23-9-8-22-15/h2,4,6,10-11,13H,3,5,7-9H2,1H3. The average Bonchev–Trinajstić information content (AvgIpc) is 3.22. The third-order valence-corrected chi connectivity index (χ3v) is 4.51. The molecule has 6 heteroatoms. The summed E-state index contributed by atoms with van der Waals surface area (Å²) in [4.78, 5) is 18.8. The number of para-hydroxylation sites is 1. The predicted molar refractivity (Wildman–Crippen MR) is 83.7 cm³/mol. The van der Waals surface area contributed by atoms with Crippen molar-refractivity contribution in [3.8, 4) is 11.5 Å². The van der Waals surface area contributed by atoms with Crippen molar-refractivity contribution in [2.75, 3.05) is 19.8 Å². The molecule has 0 spiro atoms. The zero-order chi connectivity index (χ0) is 15.8. The highest BCUT2D eigenvalue weighted by atomic mass is 16.6. The molecule has 0 radical (unpaired) electrons. The maximum atomic E-state index is 12.9. The molecule has 1 aromatic heterocycles. The Kier molecular flexibility index (Phi) is 3.44. The van der Waals surface area contributed by atoms with Gasteiger partial charge in [-0.15, -0.1) is 0 Å². The number of aromatic nitrogens is 2. The van der Waals surface area contributed by atoms with E-state index in [4.69, 9.17) is 9.47 Å². The van der Waals surface area contributed by atoms with Gasteiger partial charge in [0.25, 0.3) is 5.91 Å². The van der Waals surface area contributed by atoms with E-state index >= 15 is 0 Å². The summed E-state index contributed by atoms with van der Waals surface area (Å²) in [5, 5.41) is 0. The van der Waals surface area contributed by atoms with Crippen LogP contribution in [0.15, 0.2) is 30.7 Å². The lowest BCUT2D eigenvalue weighted by Crippen LogP contribution is -2.32. The van der Waals surface area contributed by atoms with Crippen LogP contribution in [0.4, 0.5) is 0 Å². The number of amides is 1.